The molecule has 0 saturated carbocycles. The summed E-state index contributed by atoms with van der Waals surface area (Å²) in [5, 5.41) is 29.4. The second-order valence-electron chi connectivity index (χ2n) is 9.49. The van der Waals surface area contributed by atoms with Gasteiger partial charge in [0.15, 0.2) is 6.04 Å². The van der Waals surface area contributed by atoms with E-state index < -0.39 is 42.2 Å². The Bertz CT molecular complexity index is 1440. The number of piperazine rings is 1. The summed E-state index contributed by atoms with van der Waals surface area (Å²) in [6.45, 7) is 4.64. The van der Waals surface area contributed by atoms with Crippen LogP contribution in [0.1, 0.15) is 27.5 Å². The molecule has 18 heteroatoms. The summed E-state index contributed by atoms with van der Waals surface area (Å²) in [4.78, 5) is 43.7. The molecule has 1 amide bonds. The van der Waals surface area contributed by atoms with E-state index in [-0.39, 0.29) is 0 Å². The van der Waals surface area contributed by atoms with Crippen molar-refractivity contribution < 1.29 is 60.8 Å². The standard InChI is InChI=1S/C16H16N2O3.C10H15N3.2C2HF3O2/c17-10-11-5-4-8-13(9-11)15(19)18-14(16(20)21)12-6-2-1-3-7-12;11-9-1-3-10(4-2-9)13-7-5-12-6-8-13;2*3-2(4,5)1(6)7/h1-9,14H,10,17H2,(H,18,19)(H,20,21);1-4,12H,5-8,11H2;2*(H,6,7)/t14-;;;/m1.../s1. The van der Waals surface area contributed by atoms with E-state index in [1.165, 1.54) is 5.69 Å². The Morgan fingerprint density at radius 2 is 1.29 bits per heavy atom. The van der Waals surface area contributed by atoms with Gasteiger partial charge in [0.1, 0.15) is 0 Å². The topological polar surface area (TPSA) is 208 Å². The van der Waals surface area contributed by atoms with E-state index in [1.807, 2.05) is 18.2 Å². The first-order valence-corrected chi connectivity index (χ1v) is 13.7. The monoisotopic (exact) mass is 689 g/mol. The summed E-state index contributed by atoms with van der Waals surface area (Å²) < 4.78 is 63.5. The largest absolute Gasteiger partial charge is 0.490 e. The summed E-state index contributed by atoms with van der Waals surface area (Å²) in [5.74, 6) is -7.06. The van der Waals surface area contributed by atoms with Gasteiger partial charge in [-0.25, -0.2) is 14.4 Å². The van der Waals surface area contributed by atoms with Crippen LogP contribution in [0.4, 0.5) is 37.7 Å². The molecule has 48 heavy (non-hydrogen) atoms. The zero-order valence-electron chi connectivity index (χ0n) is 25.0. The average molecular weight is 690 g/mol. The molecule has 0 spiro atoms. The van der Waals surface area contributed by atoms with Crippen LogP contribution in [0, 0.1) is 0 Å². The lowest BCUT2D eigenvalue weighted by Crippen LogP contribution is -2.43. The number of amides is 1. The second kappa shape index (κ2) is 19.3. The maximum absolute atomic E-state index is 12.2. The van der Waals surface area contributed by atoms with E-state index in [9.17, 15) is 41.0 Å². The molecule has 1 atom stereocenters. The minimum Gasteiger partial charge on any atom is -0.479 e. The molecule has 1 aliphatic rings. The van der Waals surface area contributed by atoms with Crippen LogP contribution >= 0.6 is 0 Å². The summed E-state index contributed by atoms with van der Waals surface area (Å²) in [7, 11) is 0. The fourth-order valence-corrected chi connectivity index (χ4v) is 3.60. The van der Waals surface area contributed by atoms with E-state index >= 15 is 0 Å². The zero-order valence-corrected chi connectivity index (χ0v) is 25.0. The number of nitrogens with two attached hydrogens (primary N) is 2. The van der Waals surface area contributed by atoms with Crippen LogP contribution in [0.25, 0.3) is 0 Å². The molecule has 3 aromatic carbocycles. The van der Waals surface area contributed by atoms with Gasteiger partial charge < -0.3 is 42.3 Å². The molecule has 0 aliphatic carbocycles. The number of alkyl halides is 6. The first-order valence-electron chi connectivity index (χ1n) is 13.7. The molecule has 0 unspecified atom stereocenters. The molecule has 1 fully saturated rings. The van der Waals surface area contributed by atoms with Crippen molar-refractivity contribution in [3.63, 3.8) is 0 Å². The van der Waals surface area contributed by atoms with Gasteiger partial charge in [-0.15, -0.1) is 0 Å². The van der Waals surface area contributed by atoms with Crippen LogP contribution in [0.5, 0.6) is 0 Å². The van der Waals surface area contributed by atoms with Gasteiger partial charge in [0.05, 0.1) is 0 Å². The lowest BCUT2D eigenvalue weighted by Gasteiger charge is -2.29. The lowest BCUT2D eigenvalue weighted by atomic mass is 10.1. The Balaban J connectivity index is 0.000000362. The van der Waals surface area contributed by atoms with Gasteiger partial charge in [0.25, 0.3) is 5.91 Å². The van der Waals surface area contributed by atoms with Gasteiger partial charge in [-0.05, 0) is 47.5 Å². The van der Waals surface area contributed by atoms with Gasteiger partial charge in [-0.1, -0.05) is 42.5 Å². The summed E-state index contributed by atoms with van der Waals surface area (Å²) in [5.41, 5.74) is 15.0. The van der Waals surface area contributed by atoms with Crippen LogP contribution in [0.3, 0.4) is 0 Å². The number of nitrogen functional groups attached to an aromatic ring is 1. The van der Waals surface area contributed by atoms with Gasteiger partial charge in [-0.2, -0.15) is 26.3 Å². The third kappa shape index (κ3) is 15.3. The van der Waals surface area contributed by atoms with Crippen molar-refractivity contribution in [2.75, 3.05) is 36.8 Å². The Labute approximate surface area is 269 Å². The average Bonchev–Trinajstić information content (AvgIpc) is 3.04. The Hall–Kier alpha value is -5.36. The highest BCUT2D eigenvalue weighted by Crippen LogP contribution is 2.17. The number of carbonyl (C=O) groups excluding carboxylic acids is 1. The van der Waals surface area contributed by atoms with Gasteiger partial charge in [-0.3, -0.25) is 4.79 Å². The van der Waals surface area contributed by atoms with Crippen molar-refractivity contribution in [3.05, 3.63) is 95.6 Å². The van der Waals surface area contributed by atoms with Crippen molar-refractivity contribution in [1.82, 2.24) is 10.6 Å². The van der Waals surface area contributed by atoms with Crippen molar-refractivity contribution >= 4 is 35.2 Å². The summed E-state index contributed by atoms with van der Waals surface area (Å²) >= 11 is 0. The number of carboxylic acids is 3. The van der Waals surface area contributed by atoms with Gasteiger partial charge in [0.2, 0.25) is 0 Å². The van der Waals surface area contributed by atoms with Crippen molar-refractivity contribution in [2.24, 2.45) is 5.73 Å². The van der Waals surface area contributed by atoms with E-state index in [1.54, 1.807) is 48.5 Å². The number of aliphatic carboxylic acids is 3. The quantitative estimate of drug-likeness (QED) is 0.147. The number of rotatable bonds is 6. The molecule has 9 N–H and O–H groups in total. The molecule has 262 valence electrons. The highest BCUT2D eigenvalue weighted by molar-refractivity contribution is 5.97. The molecule has 0 bridgehead atoms. The minimum atomic E-state index is -5.08. The maximum atomic E-state index is 12.2. The van der Waals surface area contributed by atoms with Crippen LogP contribution in [0.15, 0.2) is 78.9 Å². The molecule has 1 heterocycles. The Morgan fingerprint density at radius 3 is 1.73 bits per heavy atom. The van der Waals surface area contributed by atoms with Gasteiger partial charge >= 0.3 is 30.3 Å². The number of halogens is 6. The highest BCUT2D eigenvalue weighted by atomic mass is 19.4. The number of nitrogens with one attached hydrogen (secondary N) is 2. The number of carboxylic acid groups (broad SMARTS) is 3. The van der Waals surface area contributed by atoms with E-state index in [4.69, 9.17) is 31.3 Å². The number of carbonyl (C=O) groups is 4. The van der Waals surface area contributed by atoms with Crippen LogP contribution in [-0.2, 0) is 20.9 Å². The molecular weight excluding hydrogens is 656 g/mol. The van der Waals surface area contributed by atoms with Crippen molar-refractivity contribution in [1.29, 1.82) is 0 Å². The molecular formula is C30H33F6N5O7. The Morgan fingerprint density at radius 1 is 0.792 bits per heavy atom. The summed E-state index contributed by atoms with van der Waals surface area (Å²) in [6.07, 6.45) is -10.2. The minimum absolute atomic E-state index is 0.322. The molecule has 0 radical (unpaired) electrons. The highest BCUT2D eigenvalue weighted by Gasteiger charge is 2.38. The van der Waals surface area contributed by atoms with Crippen molar-refractivity contribution in [3.8, 4) is 0 Å². The normalized spacial score (nSPS) is 13.1. The Kier molecular flexibility index (Phi) is 16.4. The number of benzene rings is 3. The number of nitrogens with zero attached hydrogens (tertiary/aromatic N) is 1. The van der Waals surface area contributed by atoms with E-state index in [2.05, 4.69) is 27.7 Å². The first kappa shape index (κ1) is 40.7. The molecule has 1 saturated heterocycles. The van der Waals surface area contributed by atoms with Crippen molar-refractivity contribution in [2.45, 2.75) is 24.9 Å². The lowest BCUT2D eigenvalue weighted by molar-refractivity contribution is -0.193. The van der Waals surface area contributed by atoms with E-state index in [0.29, 0.717) is 17.7 Å². The molecule has 4 rings (SSSR count). The van der Waals surface area contributed by atoms with Crippen LogP contribution in [-0.4, -0.2) is 77.7 Å². The second-order valence-corrected chi connectivity index (χ2v) is 9.49. The third-order valence-corrected chi connectivity index (χ3v) is 5.94. The zero-order chi connectivity index (χ0) is 36.5. The predicted octanol–water partition coefficient (Wildman–Crippen LogP) is 3.65. The maximum Gasteiger partial charge on any atom is 0.490 e. The van der Waals surface area contributed by atoms with E-state index in [0.717, 1.165) is 37.4 Å². The summed E-state index contributed by atoms with van der Waals surface area (Å²) in [6, 6.07) is 22.4. The number of hydrogen-bond donors (Lipinski definition) is 7. The third-order valence-electron chi connectivity index (χ3n) is 5.94. The fraction of sp³-hybridized carbons (Fsp3) is 0.267. The molecule has 0 aromatic heterocycles. The smallest absolute Gasteiger partial charge is 0.479 e. The van der Waals surface area contributed by atoms with Gasteiger partial charge in [0, 0.05) is 49.7 Å². The number of hydrogen-bond acceptors (Lipinski definition) is 8. The molecule has 12 nitrogen and oxygen atoms in total. The fourth-order valence-electron chi connectivity index (χ4n) is 3.60. The molecule has 1 aliphatic heterocycles. The first-order chi connectivity index (χ1) is 22.4. The SMILES string of the molecule is NCc1cccc(C(=O)N[C@@H](C(=O)O)c2ccccc2)c1.Nc1ccc(N2CCNCC2)cc1.O=C(O)C(F)(F)F.O=C(O)C(F)(F)F. The number of anilines is 2. The predicted molar refractivity (Wildman–Crippen MR) is 162 cm³/mol. The van der Waals surface area contributed by atoms with Crippen LogP contribution < -0.4 is 27.0 Å². The molecule has 3 aromatic rings. The van der Waals surface area contributed by atoms with Crippen LogP contribution in [0.2, 0.25) is 0 Å².